The zero-order chi connectivity index (χ0) is 27.9. The fourth-order valence-electron chi connectivity index (χ4n) is 4.20. The molecule has 2 aromatic heterocycles. The van der Waals surface area contributed by atoms with Gasteiger partial charge in [-0.05, 0) is 42.3 Å². The van der Waals surface area contributed by atoms with Gasteiger partial charge in [-0.15, -0.1) is 0 Å². The largest absolute Gasteiger partial charge is 0.480 e. The Morgan fingerprint density at radius 1 is 1.05 bits per heavy atom. The predicted molar refractivity (Wildman–Crippen MR) is 152 cm³/mol. The van der Waals surface area contributed by atoms with Crippen molar-refractivity contribution in [2.24, 2.45) is 0 Å². The molecule has 2 N–H and O–H groups in total. The summed E-state index contributed by atoms with van der Waals surface area (Å²) in [5, 5.41) is 4.23. The van der Waals surface area contributed by atoms with Crippen molar-refractivity contribution in [1.82, 2.24) is 15.0 Å². The minimum Gasteiger partial charge on any atom is -0.480 e. The number of nitrogens with one attached hydrogen (secondary N) is 2. The minimum atomic E-state index is -4.18. The molecule has 0 aliphatic carbocycles. The van der Waals surface area contributed by atoms with Crippen LogP contribution >= 0.6 is 34.8 Å². The maximum atomic E-state index is 13.1. The van der Waals surface area contributed by atoms with Gasteiger partial charge in [-0.1, -0.05) is 40.9 Å². The van der Waals surface area contributed by atoms with E-state index in [9.17, 15) is 16.8 Å². The zero-order valence-electron chi connectivity index (χ0n) is 20.2. The lowest BCUT2D eigenvalue weighted by Crippen LogP contribution is -2.21. The highest BCUT2D eigenvalue weighted by Crippen LogP contribution is 2.41. The van der Waals surface area contributed by atoms with Crippen molar-refractivity contribution in [3.05, 3.63) is 63.9 Å². The van der Waals surface area contributed by atoms with E-state index in [2.05, 4.69) is 25.0 Å². The Labute approximate surface area is 239 Å². The topological polar surface area (TPSA) is 140 Å². The van der Waals surface area contributed by atoms with Gasteiger partial charge >= 0.3 is 0 Å². The molecule has 1 unspecified atom stereocenters. The van der Waals surface area contributed by atoms with Gasteiger partial charge < -0.3 is 10.1 Å². The molecule has 1 aliphatic heterocycles. The first kappa shape index (κ1) is 27.7. The molecule has 2 aromatic carbocycles. The lowest BCUT2D eigenvalue weighted by molar-refractivity contribution is 0.385. The number of methoxy groups -OCH3 is 1. The Hall–Kier alpha value is -2.90. The molecule has 10 nitrogen and oxygen atoms in total. The van der Waals surface area contributed by atoms with E-state index in [0.29, 0.717) is 39.4 Å². The van der Waals surface area contributed by atoms with Gasteiger partial charge in [-0.25, -0.2) is 31.8 Å². The highest BCUT2D eigenvalue weighted by Gasteiger charge is 2.28. The monoisotopic (exact) mass is 627 g/mol. The molecule has 0 amide bonds. The number of fused-ring (bicyclic) bond motifs is 1. The number of sulfonamides is 1. The number of nitrogens with zero attached hydrogens (tertiary/aromatic N) is 3. The molecule has 0 radical (unpaired) electrons. The van der Waals surface area contributed by atoms with Crippen molar-refractivity contribution in [1.29, 1.82) is 0 Å². The maximum Gasteiger partial charge on any atom is 0.267 e. The molecule has 1 atom stereocenters. The average molecular weight is 629 g/mol. The molecular weight excluding hydrogens is 609 g/mol. The van der Waals surface area contributed by atoms with E-state index in [-0.39, 0.29) is 44.1 Å². The van der Waals surface area contributed by atoms with Crippen molar-refractivity contribution in [2.45, 2.75) is 17.4 Å². The van der Waals surface area contributed by atoms with Gasteiger partial charge in [0.1, 0.15) is 0 Å². The number of rotatable bonds is 7. The van der Waals surface area contributed by atoms with Gasteiger partial charge in [0.05, 0.1) is 44.9 Å². The second-order valence-corrected chi connectivity index (χ2v) is 13.9. The number of anilines is 2. The van der Waals surface area contributed by atoms with E-state index in [1.165, 1.54) is 31.5 Å². The van der Waals surface area contributed by atoms with Crippen LogP contribution in [0.25, 0.3) is 22.0 Å². The van der Waals surface area contributed by atoms with Crippen molar-refractivity contribution >= 4 is 77.2 Å². The predicted octanol–water partition coefficient (Wildman–Crippen LogP) is 5.06. The van der Waals surface area contributed by atoms with Crippen LogP contribution in [-0.4, -0.2) is 56.4 Å². The normalized spacial score (nSPS) is 16.8. The molecule has 5 rings (SSSR count). The Morgan fingerprint density at radius 2 is 1.85 bits per heavy atom. The summed E-state index contributed by atoms with van der Waals surface area (Å²) in [4.78, 5) is 12.5. The van der Waals surface area contributed by atoms with Crippen LogP contribution in [0.2, 0.25) is 15.1 Å². The number of benzene rings is 2. The molecule has 0 spiro atoms. The number of halogens is 3. The lowest BCUT2D eigenvalue weighted by Gasteiger charge is -2.16. The number of sulfone groups is 1. The minimum absolute atomic E-state index is 0.0467. The smallest absolute Gasteiger partial charge is 0.267 e. The summed E-state index contributed by atoms with van der Waals surface area (Å²) in [5.74, 6) is 0.387. The van der Waals surface area contributed by atoms with E-state index < -0.39 is 19.9 Å². The van der Waals surface area contributed by atoms with E-state index in [0.717, 1.165) is 0 Å². The van der Waals surface area contributed by atoms with Crippen LogP contribution in [0.4, 0.5) is 11.6 Å². The highest BCUT2D eigenvalue weighted by atomic mass is 35.5. The molecule has 3 heterocycles. The second-order valence-electron chi connectivity index (χ2n) is 8.76. The van der Waals surface area contributed by atoms with Crippen molar-refractivity contribution < 1.29 is 21.6 Å². The Morgan fingerprint density at radius 3 is 2.56 bits per heavy atom. The summed E-state index contributed by atoms with van der Waals surface area (Å²) in [6.45, 7) is 0. The molecule has 1 aliphatic rings. The summed E-state index contributed by atoms with van der Waals surface area (Å²) in [5.41, 5.74) is 1.70. The van der Waals surface area contributed by atoms with Crippen LogP contribution < -0.4 is 14.8 Å². The Balaban J connectivity index is 1.46. The number of aromatic nitrogens is 3. The Kier molecular flexibility index (Phi) is 7.51. The van der Waals surface area contributed by atoms with Gasteiger partial charge in [-0.2, -0.15) is 0 Å². The fraction of sp³-hybridized carbons (Fsp3) is 0.208. The van der Waals surface area contributed by atoms with E-state index in [4.69, 9.17) is 39.5 Å². The maximum absolute atomic E-state index is 13.1. The van der Waals surface area contributed by atoms with Crippen LogP contribution in [0.1, 0.15) is 6.42 Å². The second kappa shape index (κ2) is 10.6. The van der Waals surface area contributed by atoms with Crippen LogP contribution in [0.3, 0.4) is 0 Å². The molecule has 204 valence electrons. The van der Waals surface area contributed by atoms with Gasteiger partial charge in [0, 0.05) is 29.4 Å². The zero-order valence-corrected chi connectivity index (χ0v) is 24.1. The first-order chi connectivity index (χ1) is 18.5. The highest BCUT2D eigenvalue weighted by molar-refractivity contribution is 7.93. The van der Waals surface area contributed by atoms with Crippen LogP contribution in [0.15, 0.2) is 53.7 Å². The standard InChI is InChI=1S/C24H20Cl3N5O5S2/c1-37-23-20(9-15(25)11-28-23)39(35,36)32-19-5-3-17(26)21(22(19)27)13-2-4-18-14(8-13)10-29-24(31-18)30-16-6-7-38(33,34)12-16/h2-5,8-11,16,32H,6-7,12H2,1H3,(H,29,30,31). The average Bonchev–Trinajstić information content (AvgIpc) is 3.23. The molecule has 0 bridgehead atoms. The number of pyridine rings is 1. The summed E-state index contributed by atoms with van der Waals surface area (Å²) in [6.07, 6.45) is 3.37. The third-order valence-corrected chi connectivity index (χ3v) is 10.1. The third kappa shape index (κ3) is 5.85. The SMILES string of the molecule is COc1ncc(Cl)cc1S(=O)(=O)Nc1ccc(Cl)c(-c2ccc3nc(NC4CCS(=O)(=O)C4)ncc3c2)c1Cl. The lowest BCUT2D eigenvalue weighted by atomic mass is 10.0. The third-order valence-electron chi connectivity index (χ3n) is 6.04. The van der Waals surface area contributed by atoms with Crippen LogP contribution in [-0.2, 0) is 19.9 Å². The molecule has 0 saturated carbocycles. The van der Waals surface area contributed by atoms with Gasteiger partial charge in [0.15, 0.2) is 14.7 Å². The molecule has 4 aromatic rings. The molecule has 15 heteroatoms. The quantitative estimate of drug-likeness (QED) is 0.287. The first-order valence-corrected chi connectivity index (χ1v) is 15.8. The summed E-state index contributed by atoms with van der Waals surface area (Å²) in [7, 11) is -5.93. The molecule has 1 saturated heterocycles. The number of hydrogen-bond donors (Lipinski definition) is 2. The summed E-state index contributed by atoms with van der Waals surface area (Å²) < 4.78 is 57.3. The van der Waals surface area contributed by atoms with Crippen LogP contribution in [0, 0.1) is 0 Å². The van der Waals surface area contributed by atoms with Gasteiger partial charge in [0.25, 0.3) is 10.0 Å². The Bertz CT molecular complexity index is 1820. The van der Waals surface area contributed by atoms with Gasteiger partial charge in [-0.3, -0.25) is 4.72 Å². The van der Waals surface area contributed by atoms with E-state index >= 15 is 0 Å². The molecule has 1 fully saturated rings. The van der Waals surface area contributed by atoms with Crippen molar-refractivity contribution in [3.8, 4) is 17.0 Å². The van der Waals surface area contributed by atoms with E-state index in [1.807, 2.05) is 0 Å². The summed E-state index contributed by atoms with van der Waals surface area (Å²) in [6, 6.07) is 9.22. The van der Waals surface area contributed by atoms with Crippen molar-refractivity contribution in [2.75, 3.05) is 28.7 Å². The summed E-state index contributed by atoms with van der Waals surface area (Å²) >= 11 is 19.1. The number of ether oxygens (including phenoxy) is 1. The molecule has 39 heavy (non-hydrogen) atoms. The molecular formula is C24H20Cl3N5O5S2. The van der Waals surface area contributed by atoms with Gasteiger partial charge in [0.2, 0.25) is 11.8 Å². The van der Waals surface area contributed by atoms with Crippen molar-refractivity contribution in [3.63, 3.8) is 0 Å². The van der Waals surface area contributed by atoms with Crippen LogP contribution in [0.5, 0.6) is 5.88 Å². The first-order valence-electron chi connectivity index (χ1n) is 11.4. The fourth-order valence-corrected chi connectivity index (χ4v) is 8.01. The number of hydrogen-bond acceptors (Lipinski definition) is 9. The van der Waals surface area contributed by atoms with E-state index in [1.54, 1.807) is 24.4 Å².